The van der Waals surface area contributed by atoms with Crippen LogP contribution < -0.4 is 0 Å². The topological polar surface area (TPSA) is 82.1 Å². The number of hydrogen-bond acceptors (Lipinski definition) is 7. The monoisotopic (exact) mass is 333 g/mol. The molecule has 0 radical (unpaired) electrons. The van der Waals surface area contributed by atoms with Crippen LogP contribution in [0.1, 0.15) is 6.92 Å². The van der Waals surface area contributed by atoms with E-state index in [9.17, 15) is 10.1 Å². The number of nitrogens with zero attached hydrogens (tertiary/aromatic N) is 3. The van der Waals surface area contributed by atoms with Gasteiger partial charge in [-0.15, -0.1) is 10.2 Å². The Balaban J connectivity index is 2.13. The van der Waals surface area contributed by atoms with Crippen molar-refractivity contribution in [2.24, 2.45) is 0 Å². The molecule has 0 fully saturated rings. The van der Waals surface area contributed by atoms with Crippen LogP contribution >= 0.6 is 23.1 Å². The van der Waals surface area contributed by atoms with Gasteiger partial charge in [0.25, 0.3) is 5.69 Å². The lowest BCUT2D eigenvalue weighted by molar-refractivity contribution is -0.384. The van der Waals surface area contributed by atoms with Gasteiger partial charge in [-0.05, 0) is 24.0 Å². The van der Waals surface area contributed by atoms with E-state index in [1.54, 1.807) is 30.2 Å². The maximum atomic E-state index is 11.0. The van der Waals surface area contributed by atoms with Crippen LogP contribution in [0.25, 0.3) is 21.9 Å². The Morgan fingerprint density at radius 1 is 1.32 bits per heavy atom. The largest absolute Gasteiger partial charge is 0.464 e. The summed E-state index contributed by atoms with van der Waals surface area (Å²) in [6, 6.07) is 8.25. The highest BCUT2D eigenvalue weighted by molar-refractivity contribution is 8.01. The van der Waals surface area contributed by atoms with E-state index in [0.29, 0.717) is 16.3 Å². The zero-order chi connectivity index (χ0) is 15.5. The highest BCUT2D eigenvalue weighted by atomic mass is 32.2. The summed E-state index contributed by atoms with van der Waals surface area (Å²) in [6.07, 6.45) is 1.57. The molecular weight excluding hydrogens is 322 g/mol. The second kappa shape index (κ2) is 6.29. The standard InChI is InChI=1S/C14H11N3O3S2/c1-2-21-14-16-15-13(22-14)11-8-9(17(18)19)5-6-10(11)12-4-3-7-20-12/h3-8H,2H2,1H3. The van der Waals surface area contributed by atoms with Gasteiger partial charge >= 0.3 is 0 Å². The molecule has 0 aliphatic rings. The molecule has 112 valence electrons. The first-order valence-electron chi connectivity index (χ1n) is 6.48. The highest BCUT2D eigenvalue weighted by Crippen LogP contribution is 2.38. The summed E-state index contributed by atoms with van der Waals surface area (Å²) in [6.45, 7) is 2.04. The molecule has 8 heteroatoms. The Hall–Kier alpha value is -2.19. The first-order valence-corrected chi connectivity index (χ1v) is 8.28. The van der Waals surface area contributed by atoms with Crippen LogP contribution in [0.2, 0.25) is 0 Å². The van der Waals surface area contributed by atoms with Gasteiger partial charge in [0.2, 0.25) is 0 Å². The molecule has 0 N–H and O–H groups in total. The van der Waals surface area contributed by atoms with Crippen molar-refractivity contribution >= 4 is 28.8 Å². The van der Waals surface area contributed by atoms with Crippen molar-refractivity contribution in [1.82, 2.24) is 10.2 Å². The summed E-state index contributed by atoms with van der Waals surface area (Å²) in [4.78, 5) is 10.6. The Labute approximate surface area is 134 Å². The van der Waals surface area contributed by atoms with Crippen LogP contribution in [0, 0.1) is 10.1 Å². The normalized spacial score (nSPS) is 10.8. The predicted molar refractivity (Wildman–Crippen MR) is 86.1 cm³/mol. The summed E-state index contributed by atoms with van der Waals surface area (Å²) in [5, 5.41) is 19.9. The van der Waals surface area contributed by atoms with Gasteiger partial charge in [-0.3, -0.25) is 10.1 Å². The lowest BCUT2D eigenvalue weighted by Crippen LogP contribution is -1.90. The molecule has 0 bridgehead atoms. The minimum atomic E-state index is -0.418. The third-order valence-electron chi connectivity index (χ3n) is 2.91. The highest BCUT2D eigenvalue weighted by Gasteiger charge is 2.18. The van der Waals surface area contributed by atoms with E-state index in [-0.39, 0.29) is 5.69 Å². The Bertz CT molecular complexity index is 800. The van der Waals surface area contributed by atoms with E-state index in [1.807, 2.05) is 13.0 Å². The lowest BCUT2D eigenvalue weighted by atomic mass is 10.0. The van der Waals surface area contributed by atoms with E-state index in [2.05, 4.69) is 10.2 Å². The van der Waals surface area contributed by atoms with Crippen LogP contribution in [0.4, 0.5) is 5.69 Å². The third-order valence-corrected chi connectivity index (χ3v) is 4.88. The summed E-state index contributed by atoms with van der Waals surface area (Å²) < 4.78 is 6.26. The SMILES string of the molecule is CCSc1nnc(-c2cc([N+](=O)[O-])ccc2-c2ccco2)s1. The van der Waals surface area contributed by atoms with E-state index >= 15 is 0 Å². The van der Waals surface area contributed by atoms with Gasteiger partial charge in [-0.25, -0.2) is 0 Å². The third kappa shape index (κ3) is 2.88. The van der Waals surface area contributed by atoms with Crippen LogP contribution in [-0.2, 0) is 0 Å². The fourth-order valence-corrected chi connectivity index (χ4v) is 3.75. The Kier molecular flexibility index (Phi) is 4.21. The molecule has 6 nitrogen and oxygen atoms in total. The van der Waals surface area contributed by atoms with Crippen molar-refractivity contribution in [3.05, 3.63) is 46.7 Å². The smallest absolute Gasteiger partial charge is 0.270 e. The molecule has 0 atom stereocenters. The van der Waals surface area contributed by atoms with E-state index in [1.165, 1.54) is 23.5 Å². The van der Waals surface area contributed by atoms with Gasteiger partial charge in [0.05, 0.1) is 11.2 Å². The maximum Gasteiger partial charge on any atom is 0.270 e. The summed E-state index contributed by atoms with van der Waals surface area (Å²) in [5.74, 6) is 1.54. The molecule has 0 aliphatic carbocycles. The number of non-ortho nitro benzene ring substituents is 1. The van der Waals surface area contributed by atoms with Crippen molar-refractivity contribution < 1.29 is 9.34 Å². The number of hydrogen-bond donors (Lipinski definition) is 0. The number of aromatic nitrogens is 2. The van der Waals surface area contributed by atoms with Gasteiger partial charge in [-0.1, -0.05) is 30.0 Å². The first-order chi connectivity index (χ1) is 10.7. The molecule has 0 saturated heterocycles. The van der Waals surface area contributed by atoms with E-state index in [4.69, 9.17) is 4.42 Å². The molecule has 0 amide bonds. The summed E-state index contributed by atoms with van der Waals surface area (Å²) in [5.41, 5.74) is 1.44. The van der Waals surface area contributed by atoms with Gasteiger partial charge < -0.3 is 4.42 Å². The van der Waals surface area contributed by atoms with E-state index < -0.39 is 4.92 Å². The van der Waals surface area contributed by atoms with Crippen molar-refractivity contribution in [3.63, 3.8) is 0 Å². The van der Waals surface area contributed by atoms with Crippen LogP contribution in [0.15, 0.2) is 45.4 Å². The van der Waals surface area contributed by atoms with Gasteiger partial charge in [0.15, 0.2) is 4.34 Å². The van der Waals surface area contributed by atoms with Crippen LogP contribution in [0.3, 0.4) is 0 Å². The van der Waals surface area contributed by atoms with Crippen LogP contribution in [-0.4, -0.2) is 20.9 Å². The molecule has 22 heavy (non-hydrogen) atoms. The van der Waals surface area contributed by atoms with Crippen molar-refractivity contribution in [2.75, 3.05) is 5.75 Å². The second-order valence-corrected chi connectivity index (χ2v) is 6.76. The van der Waals surface area contributed by atoms with Crippen molar-refractivity contribution in [3.8, 4) is 21.9 Å². The van der Waals surface area contributed by atoms with Gasteiger partial charge in [0.1, 0.15) is 10.8 Å². The van der Waals surface area contributed by atoms with Crippen LogP contribution in [0.5, 0.6) is 0 Å². The van der Waals surface area contributed by atoms with Gasteiger partial charge in [-0.2, -0.15) is 0 Å². The Morgan fingerprint density at radius 2 is 2.18 bits per heavy atom. The Morgan fingerprint density at radius 3 is 2.86 bits per heavy atom. The number of rotatable bonds is 5. The first kappa shape index (κ1) is 14.7. The number of thioether (sulfide) groups is 1. The molecule has 3 aromatic rings. The lowest BCUT2D eigenvalue weighted by Gasteiger charge is -2.04. The zero-order valence-electron chi connectivity index (χ0n) is 11.6. The average Bonchev–Trinajstić information content (AvgIpc) is 3.18. The zero-order valence-corrected chi connectivity index (χ0v) is 13.2. The molecule has 0 saturated carbocycles. The summed E-state index contributed by atoms with van der Waals surface area (Å²) in [7, 11) is 0. The second-order valence-electron chi connectivity index (χ2n) is 4.27. The molecule has 3 rings (SSSR count). The molecule has 0 aliphatic heterocycles. The predicted octanol–water partition coefficient (Wildman–Crippen LogP) is 4.49. The minimum absolute atomic E-state index is 0.0187. The summed E-state index contributed by atoms with van der Waals surface area (Å²) >= 11 is 3.01. The minimum Gasteiger partial charge on any atom is -0.464 e. The number of furan rings is 1. The number of nitro benzene ring substituents is 1. The molecule has 1 aromatic carbocycles. The van der Waals surface area contributed by atoms with Gasteiger partial charge in [0, 0.05) is 23.3 Å². The molecule has 2 heterocycles. The van der Waals surface area contributed by atoms with Crippen molar-refractivity contribution in [2.45, 2.75) is 11.3 Å². The fourth-order valence-electron chi connectivity index (χ4n) is 1.97. The fraction of sp³-hybridized carbons (Fsp3) is 0.143. The number of nitro groups is 1. The average molecular weight is 333 g/mol. The van der Waals surface area contributed by atoms with Crippen molar-refractivity contribution in [1.29, 1.82) is 0 Å². The quantitative estimate of drug-likeness (QED) is 0.389. The molecule has 0 unspecified atom stereocenters. The number of benzene rings is 1. The maximum absolute atomic E-state index is 11.0. The molecule has 2 aromatic heterocycles. The van der Waals surface area contributed by atoms with E-state index in [0.717, 1.165) is 15.7 Å². The molecular formula is C14H11N3O3S2. The molecule has 0 spiro atoms.